The molecule has 3 heterocycles. The van der Waals surface area contributed by atoms with Crippen LogP contribution in [0.25, 0.3) is 10.2 Å². The number of nitrogens with zero attached hydrogens (tertiary/aromatic N) is 2. The number of nitrogens with one attached hydrogen (secondary N) is 1. The summed E-state index contributed by atoms with van der Waals surface area (Å²) in [6.07, 6.45) is 2.16. The number of fused-ring (bicyclic) bond motifs is 1. The van der Waals surface area contributed by atoms with E-state index in [0.29, 0.717) is 0 Å². The summed E-state index contributed by atoms with van der Waals surface area (Å²) in [4.78, 5) is 12.0. The van der Waals surface area contributed by atoms with Gasteiger partial charge >= 0.3 is 0 Å². The van der Waals surface area contributed by atoms with Crippen molar-refractivity contribution in [3.8, 4) is 0 Å². The fourth-order valence-electron chi connectivity index (χ4n) is 2.32. The molecule has 6 heteroatoms. The molecular weight excluding hydrogens is 302 g/mol. The number of hydrogen-bond donors (Lipinski definition) is 1. The third kappa shape index (κ3) is 3.33. The smallest absolute Gasteiger partial charge is 0.162 e. The van der Waals surface area contributed by atoms with E-state index in [1.807, 2.05) is 11.8 Å². The lowest BCUT2D eigenvalue weighted by atomic mass is 10.3. The Balaban J connectivity index is 2.00. The molecule has 3 rings (SSSR count). The molecule has 0 saturated carbocycles. The van der Waals surface area contributed by atoms with Gasteiger partial charge in [0.15, 0.2) is 5.82 Å². The van der Waals surface area contributed by atoms with E-state index in [4.69, 9.17) is 14.7 Å². The van der Waals surface area contributed by atoms with Crippen LogP contribution < -0.4 is 5.32 Å². The molecule has 1 saturated heterocycles. The van der Waals surface area contributed by atoms with Crippen LogP contribution in [0.1, 0.15) is 37.1 Å². The van der Waals surface area contributed by atoms with Crippen LogP contribution in [0, 0.1) is 0 Å². The van der Waals surface area contributed by atoms with E-state index in [1.165, 1.54) is 4.88 Å². The van der Waals surface area contributed by atoms with E-state index in [1.54, 1.807) is 11.3 Å². The predicted molar refractivity (Wildman–Crippen MR) is 91.6 cm³/mol. The second kappa shape index (κ2) is 6.94. The minimum Gasteiger partial charge on any atom is -0.369 e. The van der Waals surface area contributed by atoms with Gasteiger partial charge in [-0.05, 0) is 18.9 Å². The zero-order chi connectivity index (χ0) is 14.7. The Bertz CT molecular complexity index is 608. The largest absolute Gasteiger partial charge is 0.369 e. The zero-order valence-corrected chi connectivity index (χ0v) is 14.1. The van der Waals surface area contributed by atoms with Crippen molar-refractivity contribution in [3.05, 3.63) is 16.8 Å². The van der Waals surface area contributed by atoms with E-state index < -0.39 is 0 Å². The highest BCUT2D eigenvalue weighted by Crippen LogP contribution is 2.32. The highest BCUT2D eigenvalue weighted by molar-refractivity contribution is 7.99. The van der Waals surface area contributed by atoms with Gasteiger partial charge in [-0.15, -0.1) is 11.3 Å². The summed E-state index contributed by atoms with van der Waals surface area (Å²) in [7, 11) is 0. The number of ether oxygens (including phenoxy) is 1. The Morgan fingerprint density at radius 1 is 1.38 bits per heavy atom. The number of hydrogen-bond acceptors (Lipinski definition) is 6. The number of aryl methyl sites for hydroxylation is 1. The average molecular weight is 323 g/mol. The standard InChI is InChI=1S/C15H21N3OS2/c1-3-5-16-13-11-8-10(4-2)21-15(11)18-14(17-13)12-9-20-7-6-19-12/h8,12H,3-7,9H2,1-2H3,(H,16,17,18). The zero-order valence-electron chi connectivity index (χ0n) is 12.5. The molecule has 0 amide bonds. The third-order valence-electron chi connectivity index (χ3n) is 3.46. The molecule has 4 nitrogen and oxygen atoms in total. The molecule has 0 radical (unpaired) electrons. The first-order valence-corrected chi connectivity index (χ1v) is 9.52. The Morgan fingerprint density at radius 2 is 2.29 bits per heavy atom. The molecule has 21 heavy (non-hydrogen) atoms. The number of rotatable bonds is 5. The summed E-state index contributed by atoms with van der Waals surface area (Å²) >= 11 is 3.68. The highest BCUT2D eigenvalue weighted by atomic mass is 32.2. The summed E-state index contributed by atoms with van der Waals surface area (Å²) in [5.41, 5.74) is 0. The highest BCUT2D eigenvalue weighted by Gasteiger charge is 2.21. The molecule has 1 aliphatic rings. The van der Waals surface area contributed by atoms with Gasteiger partial charge in [-0.25, -0.2) is 9.97 Å². The van der Waals surface area contributed by atoms with Crippen molar-refractivity contribution in [3.63, 3.8) is 0 Å². The molecule has 2 aromatic rings. The minimum absolute atomic E-state index is 0.0301. The lowest BCUT2D eigenvalue weighted by Gasteiger charge is -2.21. The van der Waals surface area contributed by atoms with Crippen molar-refractivity contribution in [1.82, 2.24) is 9.97 Å². The van der Waals surface area contributed by atoms with Crippen LogP contribution >= 0.6 is 23.1 Å². The number of aromatic nitrogens is 2. The molecule has 0 aromatic carbocycles. The Labute approximate surface area is 133 Å². The third-order valence-corrected chi connectivity index (χ3v) is 5.62. The van der Waals surface area contributed by atoms with Crippen molar-refractivity contribution >= 4 is 39.1 Å². The lowest BCUT2D eigenvalue weighted by molar-refractivity contribution is 0.0698. The Morgan fingerprint density at radius 3 is 3.00 bits per heavy atom. The molecule has 1 fully saturated rings. The summed E-state index contributed by atoms with van der Waals surface area (Å²) in [6.45, 7) is 6.07. The van der Waals surface area contributed by atoms with Gasteiger partial charge in [0.25, 0.3) is 0 Å². The molecule has 0 spiro atoms. The SMILES string of the molecule is CCCNc1nc(C2CSCCO2)nc2sc(CC)cc12. The van der Waals surface area contributed by atoms with E-state index in [9.17, 15) is 0 Å². The van der Waals surface area contributed by atoms with Crippen LogP contribution in [0.5, 0.6) is 0 Å². The quantitative estimate of drug-likeness (QED) is 0.905. The Hall–Kier alpha value is -0.850. The summed E-state index contributed by atoms with van der Waals surface area (Å²) in [6, 6.07) is 2.22. The lowest BCUT2D eigenvalue weighted by Crippen LogP contribution is -2.18. The van der Waals surface area contributed by atoms with Crippen LogP contribution in [-0.4, -0.2) is 34.6 Å². The van der Waals surface area contributed by atoms with Crippen LogP contribution in [0.3, 0.4) is 0 Å². The number of anilines is 1. The maximum absolute atomic E-state index is 5.84. The molecule has 1 aliphatic heterocycles. The van der Waals surface area contributed by atoms with Crippen molar-refractivity contribution in [2.24, 2.45) is 0 Å². The van der Waals surface area contributed by atoms with Crippen molar-refractivity contribution in [2.75, 3.05) is 30.0 Å². The second-order valence-corrected chi connectivity index (χ2v) is 7.34. The molecule has 1 unspecified atom stereocenters. The Kier molecular flexibility index (Phi) is 4.98. The van der Waals surface area contributed by atoms with Gasteiger partial charge < -0.3 is 10.1 Å². The summed E-state index contributed by atoms with van der Waals surface area (Å²) < 4.78 is 5.84. The monoisotopic (exact) mass is 323 g/mol. The van der Waals surface area contributed by atoms with Gasteiger partial charge in [0.05, 0.1) is 12.0 Å². The number of thioether (sulfide) groups is 1. The molecule has 0 aliphatic carbocycles. The van der Waals surface area contributed by atoms with Crippen LogP contribution in [0.4, 0.5) is 5.82 Å². The van der Waals surface area contributed by atoms with E-state index in [0.717, 1.165) is 59.4 Å². The minimum atomic E-state index is 0.0301. The predicted octanol–water partition coefficient (Wildman–Crippen LogP) is 3.88. The molecule has 2 aromatic heterocycles. The van der Waals surface area contributed by atoms with E-state index in [2.05, 4.69) is 25.2 Å². The van der Waals surface area contributed by atoms with Gasteiger partial charge in [0, 0.05) is 22.9 Å². The average Bonchev–Trinajstić information content (AvgIpc) is 2.96. The molecule has 1 N–H and O–H groups in total. The van der Waals surface area contributed by atoms with Crippen molar-refractivity contribution in [1.29, 1.82) is 0 Å². The maximum Gasteiger partial charge on any atom is 0.162 e. The van der Waals surface area contributed by atoms with Gasteiger partial charge in [-0.2, -0.15) is 11.8 Å². The first-order valence-electron chi connectivity index (χ1n) is 7.55. The first kappa shape index (κ1) is 15.1. The molecule has 114 valence electrons. The fraction of sp³-hybridized carbons (Fsp3) is 0.600. The van der Waals surface area contributed by atoms with Gasteiger partial charge in [0.2, 0.25) is 0 Å². The van der Waals surface area contributed by atoms with Gasteiger partial charge in [0.1, 0.15) is 16.8 Å². The maximum atomic E-state index is 5.84. The van der Waals surface area contributed by atoms with Crippen molar-refractivity contribution < 1.29 is 4.74 Å². The topological polar surface area (TPSA) is 47.0 Å². The molecule has 0 bridgehead atoms. The van der Waals surface area contributed by atoms with Crippen LogP contribution in [0.15, 0.2) is 6.07 Å². The van der Waals surface area contributed by atoms with Crippen molar-refractivity contribution in [2.45, 2.75) is 32.8 Å². The molecular formula is C15H21N3OS2. The molecule has 1 atom stereocenters. The summed E-state index contributed by atoms with van der Waals surface area (Å²) in [5, 5.41) is 4.60. The fourth-order valence-corrected chi connectivity index (χ4v) is 4.14. The number of thiophene rings is 1. The van der Waals surface area contributed by atoms with E-state index >= 15 is 0 Å². The van der Waals surface area contributed by atoms with Crippen LogP contribution in [-0.2, 0) is 11.2 Å². The van der Waals surface area contributed by atoms with Gasteiger partial charge in [-0.1, -0.05) is 13.8 Å². The van der Waals surface area contributed by atoms with E-state index in [-0.39, 0.29) is 6.10 Å². The van der Waals surface area contributed by atoms with Crippen LogP contribution in [0.2, 0.25) is 0 Å². The normalized spacial score (nSPS) is 19.0. The first-order chi connectivity index (χ1) is 10.3. The summed E-state index contributed by atoms with van der Waals surface area (Å²) in [5.74, 6) is 3.81. The van der Waals surface area contributed by atoms with Gasteiger partial charge in [-0.3, -0.25) is 0 Å². The second-order valence-electron chi connectivity index (χ2n) is 5.08.